The number of rotatable bonds is 5. The van der Waals surface area contributed by atoms with Crippen LogP contribution in [0.3, 0.4) is 0 Å². The van der Waals surface area contributed by atoms with Gasteiger partial charge in [-0.05, 0) is 24.6 Å². The van der Waals surface area contributed by atoms with Gasteiger partial charge < -0.3 is 14.2 Å². The lowest BCUT2D eigenvalue weighted by atomic mass is 10.1. The third kappa shape index (κ3) is 3.60. The molecule has 0 fully saturated rings. The lowest BCUT2D eigenvalue weighted by Gasteiger charge is -2.11. The van der Waals surface area contributed by atoms with Crippen LogP contribution in [-0.4, -0.2) is 30.2 Å². The highest BCUT2D eigenvalue weighted by Gasteiger charge is 2.15. The van der Waals surface area contributed by atoms with Gasteiger partial charge in [-0.3, -0.25) is 0 Å². The average molecular weight is 300 g/mol. The molecule has 1 aromatic carbocycles. The molecule has 6 nitrogen and oxygen atoms in total. The first-order valence-electron chi connectivity index (χ1n) is 6.53. The monoisotopic (exact) mass is 300 g/mol. The van der Waals surface area contributed by atoms with E-state index in [9.17, 15) is 4.79 Å². The number of hydrogen-bond acceptors (Lipinski definition) is 6. The predicted molar refractivity (Wildman–Crippen MR) is 79.9 cm³/mol. The van der Waals surface area contributed by atoms with E-state index in [2.05, 4.69) is 14.7 Å². The smallest absolute Gasteiger partial charge is 0.377 e. The summed E-state index contributed by atoms with van der Waals surface area (Å²) >= 11 is 0. The Balaban J connectivity index is 2.35. The van der Waals surface area contributed by atoms with Crippen LogP contribution in [0.4, 0.5) is 0 Å². The van der Waals surface area contributed by atoms with Crippen molar-refractivity contribution in [3.05, 3.63) is 54.2 Å². The van der Waals surface area contributed by atoms with Crippen LogP contribution >= 0.6 is 0 Å². The molecule has 0 bridgehead atoms. The van der Waals surface area contributed by atoms with Crippen molar-refractivity contribution in [1.29, 1.82) is 0 Å². The second kappa shape index (κ2) is 7.21. The zero-order valence-electron chi connectivity index (χ0n) is 12.6. The molecule has 0 aliphatic rings. The molecule has 0 amide bonds. The molecule has 0 aliphatic carbocycles. The largest absolute Gasteiger partial charge is 0.500 e. The van der Waals surface area contributed by atoms with Crippen molar-refractivity contribution in [2.24, 2.45) is 0 Å². The second-order valence-electron chi connectivity index (χ2n) is 4.36. The fourth-order valence-corrected chi connectivity index (χ4v) is 1.74. The van der Waals surface area contributed by atoms with Crippen LogP contribution in [0.2, 0.25) is 0 Å². The number of ether oxygens (including phenoxy) is 3. The number of aryl methyl sites for hydroxylation is 1. The molecule has 0 aliphatic heterocycles. The Morgan fingerprint density at radius 3 is 2.55 bits per heavy atom. The first kappa shape index (κ1) is 15.5. The average Bonchev–Trinajstić information content (AvgIpc) is 2.56. The van der Waals surface area contributed by atoms with E-state index in [0.717, 1.165) is 11.1 Å². The summed E-state index contributed by atoms with van der Waals surface area (Å²) in [5.41, 5.74) is 1.63. The van der Waals surface area contributed by atoms with Gasteiger partial charge in [0.1, 0.15) is 12.0 Å². The Labute approximate surface area is 128 Å². The van der Waals surface area contributed by atoms with Crippen LogP contribution in [0.15, 0.2) is 48.7 Å². The van der Waals surface area contributed by atoms with Crippen molar-refractivity contribution < 1.29 is 19.0 Å². The van der Waals surface area contributed by atoms with Crippen molar-refractivity contribution >= 4 is 5.97 Å². The first-order chi connectivity index (χ1) is 10.7. The minimum Gasteiger partial charge on any atom is -0.500 e. The molecule has 0 saturated heterocycles. The fourth-order valence-electron chi connectivity index (χ4n) is 1.74. The van der Waals surface area contributed by atoms with Crippen LogP contribution in [0.1, 0.15) is 5.56 Å². The lowest BCUT2D eigenvalue weighted by Crippen LogP contribution is -2.11. The SMILES string of the molecule is COC=C(Oc1cc(-c2ncccn2)ccc1C)C(=O)OC. The summed E-state index contributed by atoms with van der Waals surface area (Å²) in [6, 6.07) is 7.25. The molecule has 2 aromatic rings. The van der Waals surface area contributed by atoms with E-state index < -0.39 is 5.97 Å². The number of benzene rings is 1. The molecule has 1 aromatic heterocycles. The van der Waals surface area contributed by atoms with E-state index in [1.807, 2.05) is 19.1 Å². The molecule has 114 valence electrons. The Bertz CT molecular complexity index is 684. The van der Waals surface area contributed by atoms with E-state index in [4.69, 9.17) is 9.47 Å². The molecule has 2 rings (SSSR count). The van der Waals surface area contributed by atoms with Gasteiger partial charge in [0.05, 0.1) is 14.2 Å². The van der Waals surface area contributed by atoms with Gasteiger partial charge in [0.25, 0.3) is 0 Å². The zero-order chi connectivity index (χ0) is 15.9. The van der Waals surface area contributed by atoms with Crippen molar-refractivity contribution in [2.45, 2.75) is 6.92 Å². The molecule has 22 heavy (non-hydrogen) atoms. The normalized spacial score (nSPS) is 11.0. The molecule has 0 N–H and O–H groups in total. The minimum atomic E-state index is -0.623. The third-order valence-corrected chi connectivity index (χ3v) is 2.84. The Hall–Kier alpha value is -2.89. The molecule has 6 heteroatoms. The summed E-state index contributed by atoms with van der Waals surface area (Å²) in [6.07, 6.45) is 4.51. The zero-order valence-corrected chi connectivity index (χ0v) is 12.6. The van der Waals surface area contributed by atoms with Gasteiger partial charge in [-0.1, -0.05) is 12.1 Å². The Kier molecular flexibility index (Phi) is 5.08. The summed E-state index contributed by atoms with van der Waals surface area (Å²) < 4.78 is 15.1. The number of hydrogen-bond donors (Lipinski definition) is 0. The van der Waals surface area contributed by atoms with E-state index in [0.29, 0.717) is 11.6 Å². The maximum atomic E-state index is 11.7. The van der Waals surface area contributed by atoms with Gasteiger partial charge in [0.15, 0.2) is 5.82 Å². The van der Waals surface area contributed by atoms with Crippen LogP contribution < -0.4 is 4.74 Å². The van der Waals surface area contributed by atoms with Crippen LogP contribution in [-0.2, 0) is 14.3 Å². The van der Waals surface area contributed by atoms with Crippen molar-refractivity contribution in [3.8, 4) is 17.1 Å². The molecule has 1 heterocycles. The van der Waals surface area contributed by atoms with Gasteiger partial charge in [0, 0.05) is 18.0 Å². The molecular formula is C16H16N2O4. The highest BCUT2D eigenvalue weighted by atomic mass is 16.6. The van der Waals surface area contributed by atoms with Crippen molar-refractivity contribution in [1.82, 2.24) is 9.97 Å². The van der Waals surface area contributed by atoms with E-state index in [1.165, 1.54) is 20.5 Å². The molecule has 0 radical (unpaired) electrons. The standard InChI is InChI=1S/C16H16N2O4/c1-11-5-6-12(15-17-7-4-8-18-15)9-13(11)22-14(10-20-2)16(19)21-3/h4-10H,1-3H3. The quantitative estimate of drug-likeness (QED) is 0.480. The highest BCUT2D eigenvalue weighted by Crippen LogP contribution is 2.26. The number of aromatic nitrogens is 2. The molecular weight excluding hydrogens is 284 g/mol. The number of carbonyl (C=O) groups is 1. The maximum absolute atomic E-state index is 11.7. The van der Waals surface area contributed by atoms with Gasteiger partial charge in [-0.25, -0.2) is 14.8 Å². The topological polar surface area (TPSA) is 70.5 Å². The van der Waals surface area contributed by atoms with Crippen LogP contribution in [0.5, 0.6) is 5.75 Å². The molecule has 0 unspecified atom stereocenters. The maximum Gasteiger partial charge on any atom is 0.377 e. The van der Waals surface area contributed by atoms with Crippen molar-refractivity contribution in [3.63, 3.8) is 0 Å². The number of esters is 1. The summed E-state index contributed by atoms with van der Waals surface area (Å²) in [4.78, 5) is 20.0. The number of nitrogens with zero attached hydrogens (tertiary/aromatic N) is 2. The summed E-state index contributed by atoms with van der Waals surface area (Å²) in [5.74, 6) is 0.406. The lowest BCUT2D eigenvalue weighted by molar-refractivity contribution is -0.138. The first-order valence-corrected chi connectivity index (χ1v) is 6.53. The van der Waals surface area contributed by atoms with Crippen LogP contribution in [0, 0.1) is 6.92 Å². The van der Waals surface area contributed by atoms with Gasteiger partial charge in [0.2, 0.25) is 5.76 Å². The summed E-state index contributed by atoms with van der Waals surface area (Å²) in [5, 5.41) is 0. The highest BCUT2D eigenvalue weighted by molar-refractivity contribution is 5.86. The number of carbonyl (C=O) groups excluding carboxylic acids is 1. The molecule has 0 saturated carbocycles. The van der Waals surface area contributed by atoms with E-state index in [1.54, 1.807) is 24.5 Å². The third-order valence-electron chi connectivity index (χ3n) is 2.84. The Morgan fingerprint density at radius 1 is 1.18 bits per heavy atom. The second-order valence-corrected chi connectivity index (χ2v) is 4.36. The van der Waals surface area contributed by atoms with Gasteiger partial charge in [-0.15, -0.1) is 0 Å². The predicted octanol–water partition coefficient (Wildman–Crippen LogP) is 2.49. The van der Waals surface area contributed by atoms with Crippen molar-refractivity contribution in [2.75, 3.05) is 14.2 Å². The van der Waals surface area contributed by atoms with E-state index >= 15 is 0 Å². The number of methoxy groups -OCH3 is 2. The minimum absolute atomic E-state index is 0.0424. The fraction of sp³-hybridized carbons (Fsp3) is 0.188. The Morgan fingerprint density at radius 2 is 1.91 bits per heavy atom. The van der Waals surface area contributed by atoms with Gasteiger partial charge in [-0.2, -0.15) is 0 Å². The molecule has 0 atom stereocenters. The van der Waals surface area contributed by atoms with Gasteiger partial charge >= 0.3 is 5.97 Å². The molecule has 0 spiro atoms. The summed E-state index contributed by atoms with van der Waals surface area (Å²) in [6.45, 7) is 1.87. The van der Waals surface area contributed by atoms with Crippen LogP contribution in [0.25, 0.3) is 11.4 Å². The summed E-state index contributed by atoms with van der Waals surface area (Å²) in [7, 11) is 2.70. The van der Waals surface area contributed by atoms with E-state index in [-0.39, 0.29) is 5.76 Å².